The van der Waals surface area contributed by atoms with Crippen molar-refractivity contribution in [1.82, 2.24) is 19.5 Å². The zero-order chi connectivity index (χ0) is 9.26. The Morgan fingerprint density at radius 1 is 1.54 bits per heavy atom. The van der Waals surface area contributed by atoms with Crippen LogP contribution in [0.15, 0.2) is 18.9 Å². The molecule has 0 bridgehead atoms. The van der Waals surface area contributed by atoms with E-state index in [0.29, 0.717) is 11.2 Å². The van der Waals surface area contributed by atoms with Crippen LogP contribution in [0.25, 0.3) is 11.2 Å². The molecule has 0 aliphatic rings. The van der Waals surface area contributed by atoms with Crippen molar-refractivity contribution in [3.63, 3.8) is 0 Å². The van der Waals surface area contributed by atoms with E-state index in [4.69, 9.17) is 0 Å². The summed E-state index contributed by atoms with van der Waals surface area (Å²) in [7, 11) is 0. The van der Waals surface area contributed by atoms with Crippen LogP contribution in [0.2, 0.25) is 0 Å². The van der Waals surface area contributed by atoms with Crippen LogP contribution in [-0.2, 0) is 4.79 Å². The Morgan fingerprint density at radius 3 is 3.15 bits per heavy atom. The lowest BCUT2D eigenvalue weighted by atomic mass is 10.4. The van der Waals surface area contributed by atoms with E-state index in [0.717, 1.165) is 6.29 Å². The second-order valence-corrected chi connectivity index (χ2v) is 2.76. The summed E-state index contributed by atoms with van der Waals surface area (Å²) >= 11 is 0. The van der Waals surface area contributed by atoms with E-state index in [2.05, 4.69) is 15.0 Å². The lowest BCUT2D eigenvalue weighted by Gasteiger charge is -2.04. The summed E-state index contributed by atoms with van der Waals surface area (Å²) < 4.78 is 1.71. The molecule has 1 atom stereocenters. The first-order valence-corrected chi connectivity index (χ1v) is 3.91. The highest BCUT2D eigenvalue weighted by molar-refractivity contribution is 5.71. The number of imidazole rings is 1. The molecule has 0 aliphatic heterocycles. The van der Waals surface area contributed by atoms with Crippen molar-refractivity contribution >= 4 is 17.5 Å². The molecule has 5 heteroatoms. The predicted octanol–water partition coefficient (Wildman–Crippen LogP) is 0.586. The Kier molecular flexibility index (Phi) is 1.77. The minimum Gasteiger partial charge on any atom is -0.305 e. The number of rotatable bonds is 2. The lowest BCUT2D eigenvalue weighted by Crippen LogP contribution is -2.05. The van der Waals surface area contributed by atoms with Crippen LogP contribution in [0, 0.1) is 0 Å². The van der Waals surface area contributed by atoms with E-state index in [1.807, 2.05) is 0 Å². The van der Waals surface area contributed by atoms with Crippen LogP contribution >= 0.6 is 0 Å². The predicted molar refractivity (Wildman–Crippen MR) is 46.1 cm³/mol. The topological polar surface area (TPSA) is 60.7 Å². The Balaban J connectivity index is 2.64. The second-order valence-electron chi connectivity index (χ2n) is 2.76. The standard InChI is InChI=1S/C8H8N4O/c1-6(3-13)12-5-11-7-2-9-4-10-8(7)12/h2-6H,1H3. The van der Waals surface area contributed by atoms with E-state index in [9.17, 15) is 4.79 Å². The molecule has 0 N–H and O–H groups in total. The second kappa shape index (κ2) is 2.93. The van der Waals surface area contributed by atoms with E-state index in [1.54, 1.807) is 24.0 Å². The third kappa shape index (κ3) is 1.18. The molecule has 0 amide bonds. The third-order valence-electron chi connectivity index (χ3n) is 1.87. The molecule has 0 saturated heterocycles. The van der Waals surface area contributed by atoms with Crippen LogP contribution < -0.4 is 0 Å². The summed E-state index contributed by atoms with van der Waals surface area (Å²) in [6.45, 7) is 1.79. The monoisotopic (exact) mass is 176 g/mol. The van der Waals surface area contributed by atoms with Crippen LogP contribution in [-0.4, -0.2) is 25.8 Å². The first kappa shape index (κ1) is 7.85. The molecule has 0 spiro atoms. The fraction of sp³-hybridized carbons (Fsp3) is 0.250. The minimum absolute atomic E-state index is 0.236. The van der Waals surface area contributed by atoms with Gasteiger partial charge in [-0.15, -0.1) is 0 Å². The van der Waals surface area contributed by atoms with Crippen LogP contribution in [0.1, 0.15) is 13.0 Å². The molecule has 0 fully saturated rings. The third-order valence-corrected chi connectivity index (χ3v) is 1.87. The maximum absolute atomic E-state index is 10.6. The number of hydrogen-bond acceptors (Lipinski definition) is 4. The molecular weight excluding hydrogens is 168 g/mol. The zero-order valence-electron chi connectivity index (χ0n) is 7.08. The van der Waals surface area contributed by atoms with E-state index >= 15 is 0 Å². The van der Waals surface area contributed by atoms with Crippen LogP contribution in [0.5, 0.6) is 0 Å². The van der Waals surface area contributed by atoms with Gasteiger partial charge in [0.15, 0.2) is 5.65 Å². The Hall–Kier alpha value is -1.78. The number of hydrogen-bond donors (Lipinski definition) is 0. The largest absolute Gasteiger partial charge is 0.305 e. The molecular formula is C8H8N4O. The van der Waals surface area contributed by atoms with Gasteiger partial charge in [-0.05, 0) is 6.92 Å². The van der Waals surface area contributed by atoms with E-state index < -0.39 is 0 Å². The first-order valence-electron chi connectivity index (χ1n) is 3.91. The molecule has 2 heterocycles. The highest BCUT2D eigenvalue weighted by Gasteiger charge is 2.08. The summed E-state index contributed by atoms with van der Waals surface area (Å²) in [5.41, 5.74) is 1.39. The first-order chi connectivity index (χ1) is 6.33. The molecule has 0 saturated carbocycles. The fourth-order valence-corrected chi connectivity index (χ4v) is 1.15. The van der Waals surface area contributed by atoms with Gasteiger partial charge in [0.2, 0.25) is 0 Å². The van der Waals surface area contributed by atoms with Gasteiger partial charge in [0.05, 0.1) is 18.6 Å². The van der Waals surface area contributed by atoms with Gasteiger partial charge in [0.1, 0.15) is 18.1 Å². The smallest absolute Gasteiger partial charge is 0.163 e. The van der Waals surface area contributed by atoms with Crippen molar-refractivity contribution in [1.29, 1.82) is 0 Å². The lowest BCUT2D eigenvalue weighted by molar-refractivity contribution is -0.110. The van der Waals surface area contributed by atoms with Gasteiger partial charge in [-0.2, -0.15) is 0 Å². The summed E-state index contributed by atoms with van der Waals surface area (Å²) in [5.74, 6) is 0. The quantitative estimate of drug-likeness (QED) is 0.628. The minimum atomic E-state index is -0.236. The average Bonchev–Trinajstić information content (AvgIpc) is 2.60. The molecule has 1 unspecified atom stereocenters. The van der Waals surface area contributed by atoms with Gasteiger partial charge in [-0.1, -0.05) is 0 Å². The Morgan fingerprint density at radius 2 is 2.38 bits per heavy atom. The zero-order valence-corrected chi connectivity index (χ0v) is 7.08. The molecule has 66 valence electrons. The molecule has 5 nitrogen and oxygen atoms in total. The summed E-state index contributed by atoms with van der Waals surface area (Å²) in [6, 6.07) is -0.236. The summed E-state index contributed by atoms with van der Waals surface area (Å²) in [5, 5.41) is 0. The van der Waals surface area contributed by atoms with Crippen LogP contribution in [0.4, 0.5) is 0 Å². The SMILES string of the molecule is CC(C=O)n1cnc2cncnc21. The maximum atomic E-state index is 10.6. The van der Waals surface area contributed by atoms with Crippen molar-refractivity contribution in [2.24, 2.45) is 0 Å². The van der Waals surface area contributed by atoms with Crippen LogP contribution in [0.3, 0.4) is 0 Å². The molecule has 0 radical (unpaired) electrons. The summed E-state index contributed by atoms with van der Waals surface area (Å²) in [4.78, 5) is 22.5. The Labute approximate surface area is 74.4 Å². The van der Waals surface area contributed by atoms with Gasteiger partial charge in [0, 0.05) is 0 Å². The van der Waals surface area contributed by atoms with Crippen molar-refractivity contribution < 1.29 is 4.79 Å². The van der Waals surface area contributed by atoms with Gasteiger partial charge in [-0.3, -0.25) is 0 Å². The number of fused-ring (bicyclic) bond motifs is 1. The van der Waals surface area contributed by atoms with E-state index in [1.165, 1.54) is 6.33 Å². The van der Waals surface area contributed by atoms with Crippen molar-refractivity contribution in [2.45, 2.75) is 13.0 Å². The Bertz CT molecular complexity index is 436. The number of aromatic nitrogens is 4. The van der Waals surface area contributed by atoms with Crippen molar-refractivity contribution in [2.75, 3.05) is 0 Å². The molecule has 2 rings (SSSR count). The molecule has 0 aliphatic carbocycles. The normalized spacial score (nSPS) is 13.0. The van der Waals surface area contributed by atoms with Gasteiger partial charge in [-0.25, -0.2) is 15.0 Å². The number of nitrogens with zero attached hydrogens (tertiary/aromatic N) is 4. The number of carbonyl (C=O) groups is 1. The number of carbonyl (C=O) groups excluding carboxylic acids is 1. The van der Waals surface area contributed by atoms with Crippen molar-refractivity contribution in [3.8, 4) is 0 Å². The fourth-order valence-electron chi connectivity index (χ4n) is 1.15. The molecule has 2 aromatic rings. The van der Waals surface area contributed by atoms with Crippen molar-refractivity contribution in [3.05, 3.63) is 18.9 Å². The molecule has 13 heavy (non-hydrogen) atoms. The van der Waals surface area contributed by atoms with Gasteiger partial charge in [0.25, 0.3) is 0 Å². The van der Waals surface area contributed by atoms with E-state index in [-0.39, 0.29) is 6.04 Å². The highest BCUT2D eigenvalue weighted by Crippen LogP contribution is 2.11. The highest BCUT2D eigenvalue weighted by atomic mass is 16.1. The number of aldehydes is 1. The van der Waals surface area contributed by atoms with Gasteiger partial charge < -0.3 is 9.36 Å². The average molecular weight is 176 g/mol. The summed E-state index contributed by atoms with van der Waals surface area (Å²) in [6.07, 6.45) is 5.51. The van der Waals surface area contributed by atoms with Gasteiger partial charge >= 0.3 is 0 Å². The molecule has 2 aromatic heterocycles. The molecule has 0 aromatic carbocycles. The maximum Gasteiger partial charge on any atom is 0.163 e.